The number of ether oxygens (including phenoxy) is 2. The van der Waals surface area contributed by atoms with Crippen LogP contribution >= 0.6 is 11.6 Å². The van der Waals surface area contributed by atoms with Crippen molar-refractivity contribution in [3.63, 3.8) is 0 Å². The summed E-state index contributed by atoms with van der Waals surface area (Å²) < 4.78 is 12.0. The molecule has 34 heavy (non-hydrogen) atoms. The molecule has 0 bridgehead atoms. The molecule has 0 atom stereocenters. The van der Waals surface area contributed by atoms with Gasteiger partial charge < -0.3 is 24.7 Å². The minimum absolute atomic E-state index is 0.124. The molecule has 1 saturated heterocycles. The zero-order valence-electron chi connectivity index (χ0n) is 18.7. The molecule has 2 N–H and O–H groups in total. The summed E-state index contributed by atoms with van der Waals surface area (Å²) in [5, 5.41) is 4.74. The summed E-state index contributed by atoms with van der Waals surface area (Å²) in [6.45, 7) is 3.19. The Labute approximate surface area is 201 Å². The van der Waals surface area contributed by atoms with E-state index in [-0.39, 0.29) is 12.1 Å². The largest absolute Gasteiger partial charge is 0.488 e. The zero-order chi connectivity index (χ0) is 22.9. The van der Waals surface area contributed by atoms with Crippen molar-refractivity contribution >= 4 is 45.3 Å². The molecule has 9 nitrogen and oxygen atoms in total. The number of nitrogens with one attached hydrogen (secondary N) is 2. The lowest BCUT2D eigenvalue weighted by Gasteiger charge is -2.31. The molecule has 0 radical (unpaired) electrons. The molecule has 10 heteroatoms. The standard InChI is InChI=1S/C24H26ClN7O2/c25-22-18-5-6-28-23(18)31-24(30-22)29-15-1-3-17(4-2-15)34-20-14-16(32-9-11-33-12-10-32)13-19-21(20)27-8-7-26-19/h5-8,13-15,17H,1-4,9-12H2,(H2,28,29,30,31)/t15-,17+. The predicted octanol–water partition coefficient (Wildman–Crippen LogP) is 4.19. The van der Waals surface area contributed by atoms with Crippen LogP contribution in [-0.4, -0.2) is 63.4 Å². The van der Waals surface area contributed by atoms with Crippen molar-refractivity contribution in [2.45, 2.75) is 37.8 Å². The quantitative estimate of drug-likeness (QED) is 0.411. The van der Waals surface area contributed by atoms with E-state index in [2.05, 4.69) is 47.3 Å². The highest BCUT2D eigenvalue weighted by Crippen LogP contribution is 2.33. The molecule has 0 amide bonds. The molecule has 0 unspecified atom stereocenters. The summed E-state index contributed by atoms with van der Waals surface area (Å²) in [5.41, 5.74) is 3.51. The number of aromatic nitrogens is 5. The number of morpholine rings is 1. The number of nitrogens with zero attached hydrogens (tertiary/aromatic N) is 5. The fraction of sp³-hybridized carbons (Fsp3) is 0.417. The first-order valence-corrected chi connectivity index (χ1v) is 12.1. The highest BCUT2D eigenvalue weighted by Gasteiger charge is 2.25. The average Bonchev–Trinajstić information content (AvgIpc) is 3.35. The van der Waals surface area contributed by atoms with Crippen LogP contribution in [0.2, 0.25) is 5.15 Å². The number of halogens is 1. The third-order valence-corrected chi connectivity index (χ3v) is 6.86. The highest BCUT2D eigenvalue weighted by molar-refractivity contribution is 6.34. The lowest BCUT2D eigenvalue weighted by atomic mass is 9.93. The van der Waals surface area contributed by atoms with Crippen molar-refractivity contribution in [1.29, 1.82) is 0 Å². The van der Waals surface area contributed by atoms with E-state index in [1.54, 1.807) is 12.4 Å². The average molecular weight is 480 g/mol. The molecule has 1 aromatic carbocycles. The van der Waals surface area contributed by atoms with E-state index in [4.69, 9.17) is 21.1 Å². The number of aromatic amines is 1. The van der Waals surface area contributed by atoms with Gasteiger partial charge in [0.1, 0.15) is 22.1 Å². The first kappa shape index (κ1) is 21.4. The Hall–Kier alpha value is -3.17. The predicted molar refractivity (Wildman–Crippen MR) is 132 cm³/mol. The maximum atomic E-state index is 6.52. The van der Waals surface area contributed by atoms with Crippen molar-refractivity contribution in [3.05, 3.63) is 41.9 Å². The number of hydrogen-bond donors (Lipinski definition) is 2. The molecule has 0 spiro atoms. The van der Waals surface area contributed by atoms with Gasteiger partial charge in [-0.1, -0.05) is 11.6 Å². The highest BCUT2D eigenvalue weighted by atomic mass is 35.5. The van der Waals surface area contributed by atoms with E-state index >= 15 is 0 Å². The fourth-order valence-electron chi connectivity index (χ4n) is 4.78. The normalized spacial score (nSPS) is 21.1. The van der Waals surface area contributed by atoms with E-state index in [9.17, 15) is 0 Å². The van der Waals surface area contributed by atoms with E-state index in [0.717, 1.165) is 85.5 Å². The van der Waals surface area contributed by atoms with Crippen molar-refractivity contribution in [2.24, 2.45) is 0 Å². The topological polar surface area (TPSA) is 101 Å². The smallest absolute Gasteiger partial charge is 0.226 e. The van der Waals surface area contributed by atoms with Crippen LogP contribution in [0.15, 0.2) is 36.8 Å². The first-order valence-electron chi connectivity index (χ1n) is 11.7. The summed E-state index contributed by atoms with van der Waals surface area (Å²) >= 11 is 6.30. The van der Waals surface area contributed by atoms with Crippen LogP contribution in [0, 0.1) is 0 Å². The first-order chi connectivity index (χ1) is 16.7. The SMILES string of the molecule is Clc1nc(N[C@H]2CC[C@@H](Oc3cc(N4CCOCC4)cc4nccnc34)CC2)nc2[nH]ccc12. The summed E-state index contributed by atoms with van der Waals surface area (Å²) in [5.74, 6) is 1.36. The number of anilines is 2. The molecule has 4 aromatic rings. The lowest BCUT2D eigenvalue weighted by molar-refractivity contribution is 0.122. The molecule has 1 aliphatic carbocycles. The van der Waals surface area contributed by atoms with E-state index in [1.165, 1.54) is 0 Å². The van der Waals surface area contributed by atoms with Gasteiger partial charge in [-0.2, -0.15) is 4.98 Å². The number of hydrogen-bond acceptors (Lipinski definition) is 8. The molecule has 1 aliphatic heterocycles. The maximum absolute atomic E-state index is 6.52. The molecule has 176 valence electrons. The Morgan fingerprint density at radius 2 is 1.88 bits per heavy atom. The van der Waals surface area contributed by atoms with Gasteiger partial charge in [0.15, 0.2) is 0 Å². The Morgan fingerprint density at radius 3 is 2.74 bits per heavy atom. The van der Waals surface area contributed by atoms with Crippen molar-refractivity contribution < 1.29 is 9.47 Å². The molecule has 6 rings (SSSR count). The summed E-state index contributed by atoms with van der Waals surface area (Å²) in [7, 11) is 0. The summed E-state index contributed by atoms with van der Waals surface area (Å²) in [4.78, 5) is 23.5. The summed E-state index contributed by atoms with van der Waals surface area (Å²) in [6.07, 6.45) is 9.17. The third-order valence-electron chi connectivity index (χ3n) is 6.57. The van der Waals surface area contributed by atoms with Crippen LogP contribution in [0.5, 0.6) is 5.75 Å². The van der Waals surface area contributed by atoms with Gasteiger partial charge in [-0.15, -0.1) is 0 Å². The number of benzene rings is 1. The van der Waals surface area contributed by atoms with Gasteiger partial charge in [-0.3, -0.25) is 4.98 Å². The monoisotopic (exact) mass is 479 g/mol. The third kappa shape index (κ3) is 4.33. The Balaban J connectivity index is 1.14. The van der Waals surface area contributed by atoms with E-state index in [1.807, 2.05) is 12.3 Å². The lowest BCUT2D eigenvalue weighted by Crippen LogP contribution is -2.36. The van der Waals surface area contributed by atoms with E-state index < -0.39 is 0 Å². The Kier molecular flexibility index (Phi) is 5.80. The van der Waals surface area contributed by atoms with Crippen molar-refractivity contribution in [3.8, 4) is 5.75 Å². The Bertz CT molecular complexity index is 1300. The second-order valence-electron chi connectivity index (χ2n) is 8.78. The molecular formula is C24H26ClN7O2. The second-order valence-corrected chi connectivity index (χ2v) is 9.14. The van der Waals surface area contributed by atoms with Crippen LogP contribution in [0.1, 0.15) is 25.7 Å². The molecular weight excluding hydrogens is 454 g/mol. The summed E-state index contributed by atoms with van der Waals surface area (Å²) in [6, 6.07) is 6.35. The van der Waals surface area contributed by atoms with Crippen molar-refractivity contribution in [2.75, 3.05) is 36.5 Å². The minimum Gasteiger partial charge on any atom is -0.488 e. The van der Waals surface area contributed by atoms with Gasteiger partial charge >= 0.3 is 0 Å². The molecule has 4 heterocycles. The number of H-pyrrole nitrogens is 1. The van der Waals surface area contributed by atoms with Crippen LogP contribution in [0.4, 0.5) is 11.6 Å². The molecule has 3 aromatic heterocycles. The number of fused-ring (bicyclic) bond motifs is 2. The van der Waals surface area contributed by atoms with Crippen LogP contribution in [-0.2, 0) is 4.74 Å². The van der Waals surface area contributed by atoms with Crippen LogP contribution in [0.25, 0.3) is 22.1 Å². The van der Waals surface area contributed by atoms with E-state index in [0.29, 0.717) is 11.1 Å². The molecule has 2 fully saturated rings. The van der Waals surface area contributed by atoms with Gasteiger partial charge in [0, 0.05) is 49.5 Å². The van der Waals surface area contributed by atoms with Gasteiger partial charge in [0.25, 0.3) is 0 Å². The van der Waals surface area contributed by atoms with Gasteiger partial charge in [0.05, 0.1) is 30.2 Å². The zero-order valence-corrected chi connectivity index (χ0v) is 19.5. The maximum Gasteiger partial charge on any atom is 0.226 e. The fourth-order valence-corrected chi connectivity index (χ4v) is 5.01. The van der Waals surface area contributed by atoms with Gasteiger partial charge in [-0.25, -0.2) is 9.97 Å². The minimum atomic E-state index is 0.124. The van der Waals surface area contributed by atoms with Crippen molar-refractivity contribution in [1.82, 2.24) is 24.9 Å². The second kappa shape index (κ2) is 9.23. The molecule has 1 saturated carbocycles. The van der Waals surface area contributed by atoms with Gasteiger partial charge in [-0.05, 0) is 37.8 Å². The van der Waals surface area contributed by atoms with Gasteiger partial charge in [0.2, 0.25) is 5.95 Å². The van der Waals surface area contributed by atoms with Crippen LogP contribution in [0.3, 0.4) is 0 Å². The van der Waals surface area contributed by atoms with Crippen LogP contribution < -0.4 is 15.0 Å². The Morgan fingerprint density at radius 1 is 1.06 bits per heavy atom. The molecule has 2 aliphatic rings. The number of rotatable bonds is 5.